The van der Waals surface area contributed by atoms with Crippen LogP contribution in [0.3, 0.4) is 0 Å². The van der Waals surface area contributed by atoms with Crippen molar-refractivity contribution in [2.75, 3.05) is 11.1 Å². The van der Waals surface area contributed by atoms with Crippen molar-refractivity contribution in [2.45, 2.75) is 37.8 Å². The summed E-state index contributed by atoms with van der Waals surface area (Å²) in [5.41, 5.74) is 0.933. The van der Waals surface area contributed by atoms with Crippen molar-refractivity contribution in [2.24, 2.45) is 0 Å². The number of esters is 1. The fourth-order valence-electron chi connectivity index (χ4n) is 2.92. The van der Waals surface area contributed by atoms with Gasteiger partial charge < -0.3 is 15.4 Å². The number of urea groups is 1. The monoisotopic (exact) mass is 364 g/mol. The lowest BCUT2D eigenvalue weighted by Gasteiger charge is -2.13. The Morgan fingerprint density at radius 1 is 1.08 bits per heavy atom. The first kappa shape index (κ1) is 17.5. The molecule has 2 amide bonds. The van der Waals surface area contributed by atoms with E-state index in [4.69, 9.17) is 4.74 Å². The highest BCUT2D eigenvalue weighted by atomic mass is 32.2. The smallest absolute Gasteiger partial charge is 0.338 e. The lowest BCUT2D eigenvalue weighted by atomic mass is 10.2. The van der Waals surface area contributed by atoms with Crippen LogP contribution in [0, 0.1) is 0 Å². The van der Waals surface area contributed by atoms with Crippen LogP contribution < -0.4 is 10.6 Å². The number of hydrogen-bond donors (Lipinski definition) is 2. The molecule has 0 spiro atoms. The highest BCUT2D eigenvalue weighted by Crippen LogP contribution is 2.22. The molecule has 0 radical (unpaired) electrons. The standard InChI is InChI=1S/C17H20N2O5S/c20-16(24-15-3-1-2-4-15)12-5-7-13(8-6-12)18-17(21)19-14-9-10-25(22,23)11-14/h5-10,14-15H,1-4,11H2,(H2,18,19,21)/t14-/m1/s1. The van der Waals surface area contributed by atoms with Gasteiger partial charge >= 0.3 is 12.0 Å². The van der Waals surface area contributed by atoms with E-state index in [-0.39, 0.29) is 17.8 Å². The van der Waals surface area contributed by atoms with Crippen LogP contribution in [0.2, 0.25) is 0 Å². The minimum atomic E-state index is -3.21. The van der Waals surface area contributed by atoms with E-state index in [1.165, 1.54) is 6.08 Å². The number of rotatable bonds is 4. The number of carbonyl (C=O) groups is 2. The first-order valence-corrected chi connectivity index (χ1v) is 9.92. The van der Waals surface area contributed by atoms with E-state index >= 15 is 0 Å². The van der Waals surface area contributed by atoms with Crippen LogP contribution in [0.25, 0.3) is 0 Å². The van der Waals surface area contributed by atoms with Gasteiger partial charge in [-0.25, -0.2) is 18.0 Å². The van der Waals surface area contributed by atoms with E-state index < -0.39 is 21.9 Å². The minimum Gasteiger partial charge on any atom is -0.459 e. The minimum absolute atomic E-state index is 0.00632. The maximum absolute atomic E-state index is 12.0. The highest BCUT2D eigenvalue weighted by Gasteiger charge is 2.23. The van der Waals surface area contributed by atoms with Crippen LogP contribution >= 0.6 is 0 Å². The van der Waals surface area contributed by atoms with E-state index in [9.17, 15) is 18.0 Å². The summed E-state index contributed by atoms with van der Waals surface area (Å²) >= 11 is 0. The molecule has 134 valence electrons. The molecule has 2 N–H and O–H groups in total. The molecule has 1 aliphatic heterocycles. The third kappa shape index (κ3) is 4.82. The maximum atomic E-state index is 12.0. The Kier molecular flexibility index (Phi) is 5.08. The molecule has 1 heterocycles. The SMILES string of the molecule is O=C(Nc1ccc(C(=O)OC2CCCC2)cc1)N[C@@H]1C=CS(=O)(=O)C1. The molecular formula is C17H20N2O5S. The lowest BCUT2D eigenvalue weighted by Crippen LogP contribution is -2.38. The van der Waals surface area contributed by atoms with Gasteiger partial charge in [0.1, 0.15) is 6.10 Å². The first-order valence-electron chi connectivity index (χ1n) is 8.21. The van der Waals surface area contributed by atoms with E-state index in [1.54, 1.807) is 24.3 Å². The quantitative estimate of drug-likeness (QED) is 0.798. The molecule has 1 aromatic rings. The number of hydrogen-bond acceptors (Lipinski definition) is 5. The highest BCUT2D eigenvalue weighted by molar-refractivity contribution is 7.94. The molecular weight excluding hydrogens is 344 g/mol. The predicted octanol–water partition coefficient (Wildman–Crippen LogP) is 2.22. The second-order valence-corrected chi connectivity index (χ2v) is 8.18. The van der Waals surface area contributed by atoms with Gasteiger partial charge in [-0.15, -0.1) is 0 Å². The van der Waals surface area contributed by atoms with Crippen molar-refractivity contribution in [3.05, 3.63) is 41.3 Å². The van der Waals surface area contributed by atoms with Gasteiger partial charge in [-0.2, -0.15) is 0 Å². The third-order valence-corrected chi connectivity index (χ3v) is 5.60. The number of benzene rings is 1. The van der Waals surface area contributed by atoms with E-state index in [1.807, 2.05) is 0 Å². The van der Waals surface area contributed by atoms with E-state index in [2.05, 4.69) is 10.6 Å². The Morgan fingerprint density at radius 3 is 2.36 bits per heavy atom. The van der Waals surface area contributed by atoms with Crippen LogP contribution in [0.1, 0.15) is 36.0 Å². The van der Waals surface area contributed by atoms with Crippen molar-refractivity contribution in [3.8, 4) is 0 Å². The first-order chi connectivity index (χ1) is 11.9. The number of ether oxygens (including phenoxy) is 1. The molecule has 1 fully saturated rings. The topological polar surface area (TPSA) is 102 Å². The van der Waals surface area contributed by atoms with Crippen LogP contribution in [-0.2, 0) is 14.6 Å². The van der Waals surface area contributed by atoms with Gasteiger partial charge in [0.25, 0.3) is 0 Å². The van der Waals surface area contributed by atoms with Crippen molar-refractivity contribution >= 4 is 27.5 Å². The number of nitrogens with one attached hydrogen (secondary N) is 2. The summed E-state index contributed by atoms with van der Waals surface area (Å²) in [5.74, 6) is -0.490. The van der Waals surface area contributed by atoms with Gasteiger partial charge in [0.05, 0.1) is 17.4 Å². The Hall–Kier alpha value is -2.35. The molecule has 25 heavy (non-hydrogen) atoms. The average molecular weight is 364 g/mol. The third-order valence-electron chi connectivity index (χ3n) is 4.20. The summed E-state index contributed by atoms with van der Waals surface area (Å²) in [6.07, 6.45) is 5.46. The number of sulfone groups is 1. The fraction of sp³-hybridized carbons (Fsp3) is 0.412. The molecule has 1 aliphatic carbocycles. The molecule has 0 saturated heterocycles. The van der Waals surface area contributed by atoms with E-state index in [0.29, 0.717) is 11.3 Å². The molecule has 0 unspecified atom stereocenters. The lowest BCUT2D eigenvalue weighted by molar-refractivity contribution is 0.0318. The van der Waals surface area contributed by atoms with E-state index in [0.717, 1.165) is 31.1 Å². The van der Waals surface area contributed by atoms with Gasteiger partial charge in [-0.05, 0) is 56.0 Å². The molecule has 7 nitrogen and oxygen atoms in total. The van der Waals surface area contributed by atoms with Gasteiger partial charge in [0.2, 0.25) is 0 Å². The molecule has 8 heteroatoms. The van der Waals surface area contributed by atoms with Crippen molar-refractivity contribution in [3.63, 3.8) is 0 Å². The molecule has 0 aromatic heterocycles. The summed E-state index contributed by atoms with van der Waals surface area (Å²) in [7, 11) is -3.21. The molecule has 1 atom stereocenters. The van der Waals surface area contributed by atoms with Gasteiger partial charge in [-0.1, -0.05) is 0 Å². The maximum Gasteiger partial charge on any atom is 0.338 e. The summed E-state index contributed by atoms with van der Waals surface area (Å²) in [6, 6.07) is 5.34. The second kappa shape index (κ2) is 7.26. The average Bonchev–Trinajstić information content (AvgIpc) is 3.17. The van der Waals surface area contributed by atoms with Crippen LogP contribution in [0.5, 0.6) is 0 Å². The van der Waals surface area contributed by atoms with Crippen LogP contribution in [-0.4, -0.2) is 38.3 Å². The van der Waals surface area contributed by atoms with Crippen molar-refractivity contribution in [1.82, 2.24) is 5.32 Å². The fourth-order valence-corrected chi connectivity index (χ4v) is 4.15. The number of carbonyl (C=O) groups excluding carboxylic acids is 2. The predicted molar refractivity (Wildman–Crippen MR) is 93.0 cm³/mol. The zero-order valence-corrected chi connectivity index (χ0v) is 14.4. The summed E-state index contributed by atoms with van der Waals surface area (Å²) in [6.45, 7) is 0. The van der Waals surface area contributed by atoms with Gasteiger partial charge in [-0.3, -0.25) is 0 Å². The zero-order valence-electron chi connectivity index (χ0n) is 13.6. The summed E-state index contributed by atoms with van der Waals surface area (Å²) in [5, 5.41) is 6.27. The second-order valence-electron chi connectivity index (χ2n) is 6.25. The normalized spacial score (nSPS) is 21.8. The van der Waals surface area contributed by atoms with Crippen molar-refractivity contribution < 1.29 is 22.7 Å². The van der Waals surface area contributed by atoms with Crippen LogP contribution in [0.4, 0.5) is 10.5 Å². The zero-order chi connectivity index (χ0) is 17.9. The Bertz CT molecular complexity index is 780. The number of amides is 2. The molecule has 1 saturated carbocycles. The summed E-state index contributed by atoms with van der Waals surface area (Å²) < 4.78 is 28.0. The Balaban J connectivity index is 1.51. The van der Waals surface area contributed by atoms with Crippen molar-refractivity contribution in [1.29, 1.82) is 0 Å². The number of anilines is 1. The molecule has 3 rings (SSSR count). The largest absolute Gasteiger partial charge is 0.459 e. The Morgan fingerprint density at radius 2 is 1.76 bits per heavy atom. The summed E-state index contributed by atoms with van der Waals surface area (Å²) in [4.78, 5) is 23.9. The molecule has 0 bridgehead atoms. The molecule has 1 aromatic carbocycles. The van der Waals surface area contributed by atoms with Gasteiger partial charge in [0.15, 0.2) is 9.84 Å². The molecule has 2 aliphatic rings. The van der Waals surface area contributed by atoms with Gasteiger partial charge in [0, 0.05) is 11.1 Å². The van der Waals surface area contributed by atoms with Crippen LogP contribution in [0.15, 0.2) is 35.7 Å². The Labute approximate surface area is 146 Å².